The first-order valence-corrected chi connectivity index (χ1v) is 15.0. The number of carbonyl (C=O) groups is 1. The monoisotopic (exact) mass is 559 g/mol. The summed E-state index contributed by atoms with van der Waals surface area (Å²) in [5.41, 5.74) is 1.56. The molecule has 2 saturated heterocycles. The smallest absolute Gasteiger partial charge is 0.243 e. The minimum absolute atomic E-state index is 0.0448. The van der Waals surface area contributed by atoms with Crippen molar-refractivity contribution in [3.63, 3.8) is 0 Å². The van der Waals surface area contributed by atoms with Gasteiger partial charge in [0.05, 0.1) is 33.9 Å². The van der Waals surface area contributed by atoms with Gasteiger partial charge in [-0.25, -0.2) is 22.8 Å². The van der Waals surface area contributed by atoms with Gasteiger partial charge >= 0.3 is 0 Å². The van der Waals surface area contributed by atoms with E-state index in [1.807, 2.05) is 38.1 Å². The molecule has 3 heterocycles. The van der Waals surface area contributed by atoms with Gasteiger partial charge in [0.25, 0.3) is 0 Å². The van der Waals surface area contributed by atoms with Gasteiger partial charge < -0.3 is 14.5 Å². The van der Waals surface area contributed by atoms with E-state index in [-0.39, 0.29) is 54.9 Å². The lowest BCUT2D eigenvalue weighted by Crippen LogP contribution is -2.51. The van der Waals surface area contributed by atoms with E-state index in [2.05, 4.69) is 4.90 Å². The van der Waals surface area contributed by atoms with Crippen LogP contribution in [0.5, 0.6) is 0 Å². The average molecular weight is 560 g/mol. The number of halogens is 1. The number of anilines is 1. The van der Waals surface area contributed by atoms with Gasteiger partial charge in [-0.1, -0.05) is 23.9 Å². The molecule has 2 fully saturated rings. The lowest BCUT2D eigenvalue weighted by Gasteiger charge is -2.36. The maximum absolute atomic E-state index is 13.2. The predicted octanol–water partition coefficient (Wildman–Crippen LogP) is 3.01. The minimum Gasteiger partial charge on any atom is -0.372 e. The maximum atomic E-state index is 13.2. The number of sulfonamides is 1. The van der Waals surface area contributed by atoms with Gasteiger partial charge in [0.1, 0.15) is 10.8 Å². The fourth-order valence-corrected chi connectivity index (χ4v) is 7.11. The summed E-state index contributed by atoms with van der Waals surface area (Å²) in [7, 11) is -3.74. The highest BCUT2D eigenvalue weighted by molar-refractivity contribution is 8.00. The zero-order chi connectivity index (χ0) is 26.9. The number of para-hydroxylation sites is 2. The Morgan fingerprint density at radius 2 is 1.58 bits per heavy atom. The summed E-state index contributed by atoms with van der Waals surface area (Å²) < 4.78 is 46.2. The molecule has 2 aliphatic heterocycles. The summed E-state index contributed by atoms with van der Waals surface area (Å²) in [4.78, 5) is 26.7. The van der Waals surface area contributed by atoms with Gasteiger partial charge in [-0.3, -0.25) is 4.79 Å². The van der Waals surface area contributed by atoms with Gasteiger partial charge in [-0.05, 0) is 50.2 Å². The molecule has 3 aromatic rings. The number of carbonyl (C=O) groups excluding carboxylic acids is 1. The molecule has 1 aromatic heterocycles. The normalized spacial score (nSPS) is 21.1. The summed E-state index contributed by atoms with van der Waals surface area (Å²) in [5, 5.41) is 0.691. The number of aromatic nitrogens is 2. The molecule has 2 atom stereocenters. The van der Waals surface area contributed by atoms with Gasteiger partial charge in [-0.2, -0.15) is 4.31 Å². The lowest BCUT2D eigenvalue weighted by molar-refractivity contribution is -0.129. The van der Waals surface area contributed by atoms with Crippen LogP contribution in [0.4, 0.5) is 10.2 Å². The van der Waals surface area contributed by atoms with Gasteiger partial charge in [0.15, 0.2) is 5.82 Å². The van der Waals surface area contributed by atoms with E-state index >= 15 is 0 Å². The Morgan fingerprint density at radius 3 is 2.21 bits per heavy atom. The predicted molar refractivity (Wildman–Crippen MR) is 144 cm³/mol. The van der Waals surface area contributed by atoms with Crippen LogP contribution >= 0.6 is 11.8 Å². The fourth-order valence-electron chi connectivity index (χ4n) is 4.78. The number of nitrogens with zero attached hydrogens (tertiary/aromatic N) is 5. The second-order valence-corrected chi connectivity index (χ2v) is 12.4. The van der Waals surface area contributed by atoms with Gasteiger partial charge in [0, 0.05) is 39.3 Å². The van der Waals surface area contributed by atoms with Crippen LogP contribution in [-0.4, -0.2) is 90.7 Å². The molecule has 9 nitrogen and oxygen atoms in total. The van der Waals surface area contributed by atoms with Crippen molar-refractivity contribution < 1.29 is 22.3 Å². The summed E-state index contributed by atoms with van der Waals surface area (Å²) >= 11 is 1.35. The van der Waals surface area contributed by atoms with Gasteiger partial charge in [0.2, 0.25) is 15.9 Å². The second-order valence-electron chi connectivity index (χ2n) is 9.53. The van der Waals surface area contributed by atoms with Crippen LogP contribution in [-0.2, 0) is 19.6 Å². The van der Waals surface area contributed by atoms with Crippen molar-refractivity contribution in [1.82, 2.24) is 19.2 Å². The molecule has 0 bridgehead atoms. The molecule has 2 aromatic carbocycles. The van der Waals surface area contributed by atoms with E-state index in [1.54, 1.807) is 4.90 Å². The highest BCUT2D eigenvalue weighted by Gasteiger charge is 2.31. The van der Waals surface area contributed by atoms with Crippen molar-refractivity contribution in [2.24, 2.45) is 0 Å². The summed E-state index contributed by atoms with van der Waals surface area (Å²) in [6, 6.07) is 12.5. The Balaban J connectivity index is 1.26. The van der Waals surface area contributed by atoms with Crippen molar-refractivity contribution in [3.05, 3.63) is 54.3 Å². The molecule has 12 heteroatoms. The van der Waals surface area contributed by atoms with Crippen molar-refractivity contribution in [1.29, 1.82) is 0 Å². The Morgan fingerprint density at radius 1 is 0.974 bits per heavy atom. The number of thioether (sulfide) groups is 1. The molecule has 0 spiro atoms. The van der Waals surface area contributed by atoms with E-state index in [1.165, 1.54) is 28.2 Å². The number of piperazine rings is 1. The molecule has 0 saturated carbocycles. The quantitative estimate of drug-likeness (QED) is 0.426. The van der Waals surface area contributed by atoms with Crippen LogP contribution in [0.15, 0.2) is 58.5 Å². The molecule has 1 amide bonds. The standard InChI is InChI=1S/C26H30FN5O4S2/c1-18-15-31(16-19(2)36-18)25-26(29-23-6-4-3-5-22(23)28-25)37-17-24(33)30-11-13-32(14-12-30)38(34,35)21-9-7-20(27)8-10-21/h3-10,18-19H,11-17H2,1-2H3/t18-,19-/m1/s1. The Kier molecular flexibility index (Phi) is 7.85. The first kappa shape index (κ1) is 26.8. The molecule has 0 aliphatic carbocycles. The number of amides is 1. The fraction of sp³-hybridized carbons (Fsp3) is 0.423. The third-order valence-electron chi connectivity index (χ3n) is 6.62. The SMILES string of the molecule is C[C@@H]1CN(c2nc3ccccc3nc2SCC(=O)N2CCN(S(=O)(=O)c3ccc(F)cc3)CC2)C[C@@H](C)O1. The summed E-state index contributed by atoms with van der Waals surface area (Å²) in [5.74, 6) is 0.339. The maximum Gasteiger partial charge on any atom is 0.243 e. The number of morpholine rings is 1. The molecule has 0 unspecified atom stereocenters. The number of ether oxygens (including phenoxy) is 1. The molecule has 0 radical (unpaired) electrons. The Bertz CT molecular complexity index is 1400. The molecule has 38 heavy (non-hydrogen) atoms. The third-order valence-corrected chi connectivity index (χ3v) is 9.47. The highest BCUT2D eigenvalue weighted by atomic mass is 32.2. The minimum atomic E-state index is -3.74. The summed E-state index contributed by atoms with van der Waals surface area (Å²) in [6.45, 7) is 6.37. The van der Waals surface area contributed by atoms with Crippen LogP contribution < -0.4 is 4.90 Å². The van der Waals surface area contributed by atoms with Crippen molar-refractivity contribution in [2.45, 2.75) is 36.0 Å². The first-order chi connectivity index (χ1) is 18.2. The van der Waals surface area contributed by atoms with E-state index in [0.717, 1.165) is 29.0 Å². The van der Waals surface area contributed by atoms with E-state index < -0.39 is 15.8 Å². The number of hydrogen-bond acceptors (Lipinski definition) is 8. The van der Waals surface area contributed by atoms with Crippen LogP contribution in [0.3, 0.4) is 0 Å². The largest absolute Gasteiger partial charge is 0.372 e. The Labute approximate surface area is 226 Å². The topological polar surface area (TPSA) is 95.9 Å². The zero-order valence-electron chi connectivity index (χ0n) is 21.3. The number of fused-ring (bicyclic) bond motifs is 1. The molecule has 5 rings (SSSR count). The van der Waals surface area contributed by atoms with Crippen LogP contribution in [0.2, 0.25) is 0 Å². The van der Waals surface area contributed by atoms with E-state index in [0.29, 0.717) is 18.1 Å². The second kappa shape index (κ2) is 11.1. The first-order valence-electron chi connectivity index (χ1n) is 12.5. The van der Waals surface area contributed by atoms with E-state index in [9.17, 15) is 17.6 Å². The van der Waals surface area contributed by atoms with Crippen LogP contribution in [0, 0.1) is 5.82 Å². The zero-order valence-corrected chi connectivity index (χ0v) is 22.9. The summed E-state index contributed by atoms with van der Waals surface area (Å²) in [6.07, 6.45) is 0.1000. The van der Waals surface area contributed by atoms with Crippen LogP contribution in [0.25, 0.3) is 11.0 Å². The van der Waals surface area contributed by atoms with E-state index in [4.69, 9.17) is 14.7 Å². The lowest BCUT2D eigenvalue weighted by atomic mass is 10.2. The number of hydrogen-bond donors (Lipinski definition) is 0. The van der Waals surface area contributed by atoms with Crippen LogP contribution in [0.1, 0.15) is 13.8 Å². The average Bonchev–Trinajstić information content (AvgIpc) is 2.91. The molecular formula is C26H30FN5O4S2. The van der Waals surface area contributed by atoms with Gasteiger partial charge in [-0.15, -0.1) is 0 Å². The van der Waals surface area contributed by atoms with Crippen molar-refractivity contribution >= 4 is 44.5 Å². The van der Waals surface area contributed by atoms with Crippen molar-refractivity contribution in [2.75, 3.05) is 49.9 Å². The molecule has 202 valence electrons. The number of benzene rings is 2. The third kappa shape index (κ3) is 5.78. The molecular weight excluding hydrogens is 529 g/mol. The molecule has 0 N–H and O–H groups in total. The van der Waals surface area contributed by atoms with Crippen molar-refractivity contribution in [3.8, 4) is 0 Å². The number of rotatable bonds is 6. The molecule has 2 aliphatic rings. The highest BCUT2D eigenvalue weighted by Crippen LogP contribution is 2.31. The Hall–Kier alpha value is -2.80.